The minimum absolute atomic E-state index is 0.129. The van der Waals surface area contributed by atoms with Crippen molar-refractivity contribution < 1.29 is 14.7 Å². The summed E-state index contributed by atoms with van der Waals surface area (Å²) in [5.41, 5.74) is 1.99. The summed E-state index contributed by atoms with van der Waals surface area (Å²) >= 11 is 11.7. The average molecular weight is 337 g/mol. The fourth-order valence-corrected chi connectivity index (χ4v) is 2.42. The van der Waals surface area contributed by atoms with Crippen LogP contribution in [0, 0.1) is 6.92 Å². The summed E-state index contributed by atoms with van der Waals surface area (Å²) in [6.45, 7) is 1.92. The summed E-state index contributed by atoms with van der Waals surface area (Å²) in [4.78, 5) is 23.8. The van der Waals surface area contributed by atoms with Crippen molar-refractivity contribution in [3.8, 4) is 0 Å². The van der Waals surface area contributed by atoms with E-state index in [-0.39, 0.29) is 17.2 Å². The van der Waals surface area contributed by atoms with E-state index in [1.807, 2.05) is 19.1 Å². The predicted octanol–water partition coefficient (Wildman–Crippen LogP) is 4.74. The average Bonchev–Trinajstić information content (AvgIpc) is 2.48. The number of aliphatic carboxylic acids is 1. The van der Waals surface area contributed by atoms with Crippen molar-refractivity contribution in [1.82, 2.24) is 0 Å². The van der Waals surface area contributed by atoms with Crippen LogP contribution in [-0.2, 0) is 4.79 Å². The van der Waals surface area contributed by atoms with Crippen molar-refractivity contribution in [1.29, 1.82) is 0 Å². The molecule has 3 nitrogen and oxygen atoms in total. The summed E-state index contributed by atoms with van der Waals surface area (Å²) in [5, 5.41) is 10.0. The van der Waals surface area contributed by atoms with Gasteiger partial charge in [0.25, 0.3) is 0 Å². The third-order valence-corrected chi connectivity index (χ3v) is 4.15. The summed E-state index contributed by atoms with van der Waals surface area (Å²) in [6, 6.07) is 11.7. The van der Waals surface area contributed by atoms with Crippen molar-refractivity contribution in [2.45, 2.75) is 19.3 Å². The predicted molar refractivity (Wildman–Crippen MR) is 87.0 cm³/mol. The molecule has 0 bridgehead atoms. The summed E-state index contributed by atoms with van der Waals surface area (Å²) in [6.07, 6.45) is -0.129. The Labute approximate surface area is 138 Å². The van der Waals surface area contributed by atoms with E-state index in [1.54, 1.807) is 18.2 Å². The van der Waals surface area contributed by atoms with Crippen molar-refractivity contribution >= 4 is 35.0 Å². The molecule has 0 radical (unpaired) electrons. The highest BCUT2D eigenvalue weighted by atomic mass is 35.5. The molecule has 22 heavy (non-hydrogen) atoms. The van der Waals surface area contributed by atoms with Crippen LogP contribution >= 0.6 is 23.2 Å². The molecule has 5 heteroatoms. The molecule has 1 N–H and O–H groups in total. The van der Waals surface area contributed by atoms with Gasteiger partial charge in [-0.25, -0.2) is 0 Å². The minimum Gasteiger partial charge on any atom is -0.481 e. The second-order valence-electron chi connectivity index (χ2n) is 5.06. The molecule has 0 heterocycles. The molecule has 2 aromatic rings. The van der Waals surface area contributed by atoms with Crippen LogP contribution < -0.4 is 0 Å². The first-order chi connectivity index (χ1) is 10.4. The van der Waals surface area contributed by atoms with Crippen LogP contribution in [0.5, 0.6) is 0 Å². The Hall–Kier alpha value is -1.84. The maximum atomic E-state index is 12.3. The molecule has 0 saturated carbocycles. The Morgan fingerprint density at radius 1 is 1.05 bits per heavy atom. The lowest BCUT2D eigenvalue weighted by Gasteiger charge is -2.12. The number of benzene rings is 2. The third kappa shape index (κ3) is 3.87. The number of halogens is 2. The van der Waals surface area contributed by atoms with Gasteiger partial charge in [0.1, 0.15) is 0 Å². The zero-order valence-electron chi connectivity index (χ0n) is 11.8. The van der Waals surface area contributed by atoms with Crippen LogP contribution in [0.15, 0.2) is 42.5 Å². The van der Waals surface area contributed by atoms with E-state index in [2.05, 4.69) is 0 Å². The van der Waals surface area contributed by atoms with Crippen LogP contribution in [-0.4, -0.2) is 16.9 Å². The second-order valence-corrected chi connectivity index (χ2v) is 5.87. The molecule has 0 aliphatic rings. The molecule has 0 unspecified atom stereocenters. The molecule has 0 aliphatic heterocycles. The monoisotopic (exact) mass is 336 g/mol. The Bertz CT molecular complexity index is 708. The summed E-state index contributed by atoms with van der Waals surface area (Å²) in [5.74, 6) is -2.20. The van der Waals surface area contributed by atoms with Gasteiger partial charge in [0.2, 0.25) is 0 Å². The first kappa shape index (κ1) is 16.5. The van der Waals surface area contributed by atoms with Crippen molar-refractivity contribution in [2.24, 2.45) is 0 Å². The Morgan fingerprint density at radius 2 is 1.68 bits per heavy atom. The van der Waals surface area contributed by atoms with Crippen LogP contribution in [0.2, 0.25) is 10.0 Å². The largest absolute Gasteiger partial charge is 0.481 e. The Kier molecular flexibility index (Phi) is 5.22. The number of carbonyl (C=O) groups is 2. The lowest BCUT2D eigenvalue weighted by Crippen LogP contribution is -2.16. The molecular weight excluding hydrogens is 323 g/mol. The number of rotatable bonds is 5. The van der Waals surface area contributed by atoms with Crippen LogP contribution in [0.25, 0.3) is 0 Å². The van der Waals surface area contributed by atoms with Crippen molar-refractivity contribution in [3.05, 3.63) is 69.2 Å². The Balaban J connectivity index is 2.24. The zero-order chi connectivity index (χ0) is 16.3. The standard InChI is InChI=1S/C17H14Cl2O3/c1-10-2-4-11(5-3-10)13(17(21)22)9-16(20)12-6-7-14(18)15(19)8-12/h2-8,13H,9H2,1H3,(H,21,22)/t13-/m0/s1. The molecular formula is C17H14Cl2O3. The molecule has 0 spiro atoms. The topological polar surface area (TPSA) is 54.4 Å². The molecule has 1 atom stereocenters. The van der Waals surface area contributed by atoms with Gasteiger partial charge in [-0.05, 0) is 30.7 Å². The fourth-order valence-electron chi connectivity index (χ4n) is 2.12. The first-order valence-electron chi connectivity index (χ1n) is 6.66. The number of carboxylic acids is 1. The summed E-state index contributed by atoms with van der Waals surface area (Å²) < 4.78 is 0. The highest BCUT2D eigenvalue weighted by Gasteiger charge is 2.24. The minimum atomic E-state index is -1.03. The normalized spacial score (nSPS) is 12.0. The number of ketones is 1. The van der Waals surface area contributed by atoms with Crippen LogP contribution in [0.1, 0.15) is 33.8 Å². The van der Waals surface area contributed by atoms with E-state index >= 15 is 0 Å². The maximum Gasteiger partial charge on any atom is 0.311 e. The van der Waals surface area contributed by atoms with Gasteiger partial charge in [-0.3, -0.25) is 9.59 Å². The molecule has 0 fully saturated rings. The molecule has 114 valence electrons. The Morgan fingerprint density at radius 3 is 2.23 bits per heavy atom. The first-order valence-corrected chi connectivity index (χ1v) is 7.41. The highest BCUT2D eigenvalue weighted by molar-refractivity contribution is 6.42. The zero-order valence-corrected chi connectivity index (χ0v) is 13.4. The molecule has 0 aromatic heterocycles. The van der Waals surface area contributed by atoms with E-state index in [0.29, 0.717) is 16.1 Å². The van der Waals surface area contributed by atoms with Gasteiger partial charge in [0.15, 0.2) is 5.78 Å². The highest BCUT2D eigenvalue weighted by Crippen LogP contribution is 2.26. The van der Waals surface area contributed by atoms with Gasteiger partial charge in [0.05, 0.1) is 16.0 Å². The lowest BCUT2D eigenvalue weighted by molar-refractivity contribution is -0.138. The lowest BCUT2D eigenvalue weighted by atomic mass is 9.91. The van der Waals surface area contributed by atoms with Gasteiger partial charge < -0.3 is 5.11 Å². The van der Waals surface area contributed by atoms with E-state index in [9.17, 15) is 14.7 Å². The second kappa shape index (κ2) is 6.95. The molecule has 2 aromatic carbocycles. The van der Waals surface area contributed by atoms with Crippen LogP contribution in [0.3, 0.4) is 0 Å². The number of hydrogen-bond donors (Lipinski definition) is 1. The van der Waals surface area contributed by atoms with E-state index in [0.717, 1.165) is 5.56 Å². The SMILES string of the molecule is Cc1ccc([C@H](CC(=O)c2ccc(Cl)c(Cl)c2)C(=O)O)cc1. The van der Waals surface area contributed by atoms with Crippen molar-refractivity contribution in [3.63, 3.8) is 0 Å². The molecule has 0 saturated heterocycles. The van der Waals surface area contributed by atoms with Gasteiger partial charge in [-0.1, -0.05) is 53.0 Å². The van der Waals surface area contributed by atoms with Gasteiger partial charge >= 0.3 is 5.97 Å². The van der Waals surface area contributed by atoms with E-state index < -0.39 is 11.9 Å². The van der Waals surface area contributed by atoms with Crippen LogP contribution in [0.4, 0.5) is 0 Å². The van der Waals surface area contributed by atoms with Crippen molar-refractivity contribution in [2.75, 3.05) is 0 Å². The summed E-state index contributed by atoms with van der Waals surface area (Å²) in [7, 11) is 0. The van der Waals surface area contributed by atoms with Gasteiger partial charge in [-0.2, -0.15) is 0 Å². The maximum absolute atomic E-state index is 12.3. The molecule has 0 amide bonds. The third-order valence-electron chi connectivity index (χ3n) is 3.41. The number of hydrogen-bond acceptors (Lipinski definition) is 2. The smallest absolute Gasteiger partial charge is 0.311 e. The number of aryl methyl sites for hydroxylation is 1. The van der Waals surface area contributed by atoms with E-state index in [1.165, 1.54) is 12.1 Å². The van der Waals surface area contributed by atoms with E-state index in [4.69, 9.17) is 23.2 Å². The number of Topliss-reactive ketones (excluding diaryl/α,β-unsaturated/α-hetero) is 1. The number of carboxylic acid groups (broad SMARTS) is 1. The fraction of sp³-hybridized carbons (Fsp3) is 0.176. The molecule has 0 aliphatic carbocycles. The number of carbonyl (C=O) groups excluding carboxylic acids is 1. The molecule has 2 rings (SSSR count). The van der Waals surface area contributed by atoms with Gasteiger partial charge in [-0.15, -0.1) is 0 Å². The van der Waals surface area contributed by atoms with Gasteiger partial charge in [0, 0.05) is 12.0 Å². The quantitative estimate of drug-likeness (QED) is 0.802.